The largest absolute Gasteiger partial charge is 0.355 e. The Kier molecular flexibility index (Phi) is 6.10. The van der Waals surface area contributed by atoms with Crippen LogP contribution in [0.1, 0.15) is 17.0 Å². The van der Waals surface area contributed by atoms with Crippen LogP contribution in [0.3, 0.4) is 0 Å². The highest BCUT2D eigenvalue weighted by molar-refractivity contribution is 6.31. The van der Waals surface area contributed by atoms with Crippen molar-refractivity contribution < 1.29 is 9.18 Å². The summed E-state index contributed by atoms with van der Waals surface area (Å²) in [5.74, 6) is 0.540. The van der Waals surface area contributed by atoms with Crippen molar-refractivity contribution in [1.82, 2.24) is 14.9 Å². The molecule has 4 nitrogen and oxygen atoms in total. The fourth-order valence-corrected chi connectivity index (χ4v) is 3.66. The van der Waals surface area contributed by atoms with Gasteiger partial charge in [0.1, 0.15) is 11.6 Å². The Labute approximate surface area is 179 Å². The Balaban J connectivity index is 1.46. The van der Waals surface area contributed by atoms with Gasteiger partial charge in [-0.25, -0.2) is 9.37 Å². The molecule has 1 heterocycles. The summed E-state index contributed by atoms with van der Waals surface area (Å²) in [6.45, 7) is 1.06. The van der Waals surface area contributed by atoms with Gasteiger partial charge in [-0.1, -0.05) is 54.1 Å². The number of para-hydroxylation sites is 2. The molecular weight excluding hydrogens is 401 g/mol. The van der Waals surface area contributed by atoms with Crippen LogP contribution in [0.5, 0.6) is 0 Å². The molecule has 0 fully saturated rings. The highest BCUT2D eigenvalue weighted by Gasteiger charge is 2.12. The van der Waals surface area contributed by atoms with Gasteiger partial charge in [-0.15, -0.1) is 0 Å². The standard InChI is InChI=1S/C24H21ClFN3O/c25-20-6-2-1-5-18(20)15-24(30)27-14-13-23-28-21-7-3-4-8-22(21)29(23)16-17-9-11-19(26)12-10-17/h1-12H,13-16H2,(H,27,30). The Bertz CT molecular complexity index is 1170. The molecule has 0 bridgehead atoms. The van der Waals surface area contributed by atoms with Gasteiger partial charge in [0.15, 0.2) is 0 Å². The average molecular weight is 422 g/mol. The summed E-state index contributed by atoms with van der Waals surface area (Å²) in [5.41, 5.74) is 3.71. The lowest BCUT2D eigenvalue weighted by atomic mass is 10.1. The van der Waals surface area contributed by atoms with E-state index in [1.807, 2.05) is 42.5 Å². The molecule has 4 aromatic rings. The van der Waals surface area contributed by atoms with Crippen molar-refractivity contribution in [1.29, 1.82) is 0 Å². The maximum atomic E-state index is 13.3. The number of halogens is 2. The van der Waals surface area contributed by atoms with Crippen LogP contribution in [0.4, 0.5) is 4.39 Å². The van der Waals surface area contributed by atoms with Crippen molar-refractivity contribution in [2.75, 3.05) is 6.54 Å². The summed E-state index contributed by atoms with van der Waals surface area (Å²) in [6, 6.07) is 21.7. The van der Waals surface area contributed by atoms with E-state index in [0.717, 1.165) is 28.0 Å². The summed E-state index contributed by atoms with van der Waals surface area (Å²) >= 11 is 6.13. The minimum Gasteiger partial charge on any atom is -0.355 e. The minimum atomic E-state index is -0.254. The van der Waals surface area contributed by atoms with E-state index in [1.54, 1.807) is 18.2 Å². The molecule has 4 rings (SSSR count). The first-order chi connectivity index (χ1) is 14.6. The maximum absolute atomic E-state index is 13.3. The number of nitrogens with zero attached hydrogens (tertiary/aromatic N) is 2. The Morgan fingerprint density at radius 2 is 1.73 bits per heavy atom. The van der Waals surface area contributed by atoms with Crippen molar-refractivity contribution in [3.05, 3.63) is 101 Å². The molecule has 1 amide bonds. The van der Waals surface area contributed by atoms with E-state index >= 15 is 0 Å². The minimum absolute atomic E-state index is 0.0794. The fourth-order valence-electron chi connectivity index (χ4n) is 3.46. The average Bonchev–Trinajstić information content (AvgIpc) is 3.09. The lowest BCUT2D eigenvalue weighted by Gasteiger charge is -2.11. The smallest absolute Gasteiger partial charge is 0.224 e. The highest BCUT2D eigenvalue weighted by atomic mass is 35.5. The number of nitrogens with one attached hydrogen (secondary N) is 1. The van der Waals surface area contributed by atoms with Gasteiger partial charge in [0.2, 0.25) is 5.91 Å². The predicted molar refractivity (Wildman–Crippen MR) is 117 cm³/mol. The SMILES string of the molecule is O=C(Cc1ccccc1Cl)NCCc1nc2ccccc2n1Cc1ccc(F)cc1. The first kappa shape index (κ1) is 20.1. The summed E-state index contributed by atoms with van der Waals surface area (Å²) in [6.07, 6.45) is 0.829. The fraction of sp³-hybridized carbons (Fsp3) is 0.167. The zero-order valence-electron chi connectivity index (χ0n) is 16.3. The van der Waals surface area contributed by atoms with Crippen LogP contribution in [-0.4, -0.2) is 22.0 Å². The molecule has 0 spiro atoms. The molecule has 1 aromatic heterocycles. The first-order valence-corrected chi connectivity index (χ1v) is 10.2. The summed E-state index contributed by atoms with van der Waals surface area (Å²) < 4.78 is 15.4. The third-order valence-electron chi connectivity index (χ3n) is 4.97. The molecule has 152 valence electrons. The van der Waals surface area contributed by atoms with Crippen LogP contribution in [0, 0.1) is 5.82 Å². The molecule has 3 aromatic carbocycles. The molecule has 0 aliphatic carbocycles. The number of hydrogen-bond acceptors (Lipinski definition) is 2. The quantitative estimate of drug-likeness (QED) is 0.467. The van der Waals surface area contributed by atoms with Gasteiger partial charge >= 0.3 is 0 Å². The Morgan fingerprint density at radius 1 is 1.00 bits per heavy atom. The van der Waals surface area contributed by atoms with Crippen LogP contribution in [0.25, 0.3) is 11.0 Å². The summed E-state index contributed by atoms with van der Waals surface area (Å²) in [7, 11) is 0. The number of benzene rings is 3. The second-order valence-corrected chi connectivity index (χ2v) is 7.50. The number of fused-ring (bicyclic) bond motifs is 1. The van der Waals surface area contributed by atoms with E-state index in [1.165, 1.54) is 12.1 Å². The lowest BCUT2D eigenvalue weighted by Crippen LogP contribution is -2.28. The van der Waals surface area contributed by atoms with Crippen LogP contribution in [-0.2, 0) is 24.2 Å². The molecular formula is C24H21ClFN3O. The van der Waals surface area contributed by atoms with Gasteiger partial charge in [-0.2, -0.15) is 0 Å². The predicted octanol–water partition coefficient (Wildman–Crippen LogP) is 4.78. The van der Waals surface area contributed by atoms with E-state index < -0.39 is 0 Å². The Morgan fingerprint density at radius 3 is 2.53 bits per heavy atom. The number of imidazole rings is 1. The number of aromatic nitrogens is 2. The third-order valence-corrected chi connectivity index (χ3v) is 5.34. The summed E-state index contributed by atoms with van der Waals surface area (Å²) in [4.78, 5) is 17.0. The highest BCUT2D eigenvalue weighted by Crippen LogP contribution is 2.19. The number of rotatable bonds is 7. The van der Waals surface area contributed by atoms with Crippen molar-refractivity contribution in [2.45, 2.75) is 19.4 Å². The van der Waals surface area contributed by atoms with Crippen LogP contribution in [0.15, 0.2) is 72.8 Å². The number of hydrogen-bond donors (Lipinski definition) is 1. The molecule has 0 saturated carbocycles. The molecule has 1 N–H and O–H groups in total. The second-order valence-electron chi connectivity index (χ2n) is 7.10. The van der Waals surface area contributed by atoms with E-state index in [9.17, 15) is 9.18 Å². The summed E-state index contributed by atoms with van der Waals surface area (Å²) in [5, 5.41) is 3.54. The van der Waals surface area contributed by atoms with E-state index in [0.29, 0.717) is 24.5 Å². The van der Waals surface area contributed by atoms with Crippen LogP contribution >= 0.6 is 11.6 Å². The molecule has 0 aliphatic heterocycles. The van der Waals surface area contributed by atoms with Gasteiger partial charge in [0.25, 0.3) is 0 Å². The molecule has 0 unspecified atom stereocenters. The van der Waals surface area contributed by atoms with Gasteiger partial charge in [0, 0.05) is 24.5 Å². The van der Waals surface area contributed by atoms with E-state index in [-0.39, 0.29) is 18.1 Å². The normalized spacial score (nSPS) is 11.0. The third kappa shape index (κ3) is 4.69. The second kappa shape index (κ2) is 9.09. The van der Waals surface area contributed by atoms with Crippen LogP contribution < -0.4 is 5.32 Å². The van der Waals surface area contributed by atoms with Crippen molar-refractivity contribution in [3.8, 4) is 0 Å². The number of amides is 1. The van der Waals surface area contributed by atoms with Crippen molar-refractivity contribution in [3.63, 3.8) is 0 Å². The van der Waals surface area contributed by atoms with Crippen molar-refractivity contribution in [2.24, 2.45) is 0 Å². The zero-order valence-corrected chi connectivity index (χ0v) is 17.1. The van der Waals surface area contributed by atoms with E-state index in [4.69, 9.17) is 16.6 Å². The molecule has 30 heavy (non-hydrogen) atoms. The molecule has 0 radical (unpaired) electrons. The number of carbonyl (C=O) groups is 1. The first-order valence-electron chi connectivity index (χ1n) is 9.79. The topological polar surface area (TPSA) is 46.9 Å². The van der Waals surface area contributed by atoms with E-state index in [2.05, 4.69) is 9.88 Å². The molecule has 0 saturated heterocycles. The van der Waals surface area contributed by atoms with Gasteiger partial charge in [0.05, 0.1) is 17.5 Å². The van der Waals surface area contributed by atoms with Gasteiger partial charge in [-0.05, 0) is 41.5 Å². The molecule has 0 aliphatic rings. The zero-order chi connectivity index (χ0) is 20.9. The van der Waals surface area contributed by atoms with Crippen molar-refractivity contribution >= 4 is 28.5 Å². The van der Waals surface area contributed by atoms with Gasteiger partial charge in [-0.3, -0.25) is 4.79 Å². The van der Waals surface area contributed by atoms with Crippen LogP contribution in [0.2, 0.25) is 5.02 Å². The monoisotopic (exact) mass is 421 g/mol. The lowest BCUT2D eigenvalue weighted by molar-refractivity contribution is -0.120. The molecule has 6 heteroatoms. The molecule has 0 atom stereocenters. The maximum Gasteiger partial charge on any atom is 0.224 e. The Hall–Kier alpha value is -3.18. The van der Waals surface area contributed by atoms with Gasteiger partial charge < -0.3 is 9.88 Å². The number of carbonyl (C=O) groups excluding carboxylic acids is 1.